The van der Waals surface area contributed by atoms with Crippen LogP contribution in [0.5, 0.6) is 0 Å². The van der Waals surface area contributed by atoms with Crippen molar-refractivity contribution in [3.63, 3.8) is 0 Å². The summed E-state index contributed by atoms with van der Waals surface area (Å²) < 4.78 is 0.980. The summed E-state index contributed by atoms with van der Waals surface area (Å²) in [6, 6.07) is 15.3. The maximum absolute atomic E-state index is 11.8. The van der Waals surface area contributed by atoms with E-state index in [-0.39, 0.29) is 6.03 Å². The van der Waals surface area contributed by atoms with Crippen molar-refractivity contribution < 1.29 is 4.79 Å². The number of carbonyl (C=O) groups is 1. The van der Waals surface area contributed by atoms with Gasteiger partial charge >= 0.3 is 6.03 Å². The van der Waals surface area contributed by atoms with Crippen LogP contribution < -0.4 is 10.6 Å². The van der Waals surface area contributed by atoms with Gasteiger partial charge in [-0.2, -0.15) is 0 Å². The molecule has 21 heavy (non-hydrogen) atoms. The second kappa shape index (κ2) is 6.01. The number of aromatic amines is 1. The van der Waals surface area contributed by atoms with Gasteiger partial charge in [-0.05, 0) is 53.4 Å². The van der Waals surface area contributed by atoms with Gasteiger partial charge in [0.2, 0.25) is 0 Å². The molecule has 0 aliphatic heterocycles. The Morgan fingerprint density at radius 2 is 1.90 bits per heavy atom. The molecule has 5 heteroatoms. The van der Waals surface area contributed by atoms with Crippen molar-refractivity contribution in [2.75, 3.05) is 5.32 Å². The number of anilines is 1. The van der Waals surface area contributed by atoms with Crippen molar-refractivity contribution >= 4 is 38.6 Å². The summed E-state index contributed by atoms with van der Waals surface area (Å²) in [6.07, 6.45) is 1.90. The first-order valence-corrected chi connectivity index (χ1v) is 7.36. The summed E-state index contributed by atoms with van der Waals surface area (Å²) in [4.78, 5) is 15.0. The molecular weight excluding hydrogens is 330 g/mol. The third kappa shape index (κ3) is 3.44. The highest BCUT2D eigenvalue weighted by atomic mass is 79.9. The van der Waals surface area contributed by atoms with Crippen LogP contribution in [0.1, 0.15) is 5.56 Å². The molecule has 4 nitrogen and oxygen atoms in total. The van der Waals surface area contributed by atoms with Crippen LogP contribution in [0.15, 0.2) is 59.2 Å². The smallest absolute Gasteiger partial charge is 0.319 e. The van der Waals surface area contributed by atoms with Gasteiger partial charge in [0.15, 0.2) is 0 Å². The fourth-order valence-electron chi connectivity index (χ4n) is 2.10. The minimum atomic E-state index is -0.216. The molecule has 0 fully saturated rings. The molecule has 0 radical (unpaired) electrons. The van der Waals surface area contributed by atoms with Crippen LogP contribution >= 0.6 is 15.9 Å². The highest BCUT2D eigenvalue weighted by Gasteiger charge is 2.02. The summed E-state index contributed by atoms with van der Waals surface area (Å²) in [5.41, 5.74) is 2.92. The van der Waals surface area contributed by atoms with Crippen molar-refractivity contribution in [3.8, 4) is 0 Å². The third-order valence-corrected chi connectivity index (χ3v) is 3.70. The first kappa shape index (κ1) is 13.7. The van der Waals surface area contributed by atoms with Crippen molar-refractivity contribution in [2.45, 2.75) is 6.54 Å². The van der Waals surface area contributed by atoms with Gasteiger partial charge in [0.25, 0.3) is 0 Å². The number of amides is 2. The van der Waals surface area contributed by atoms with Gasteiger partial charge in [0.1, 0.15) is 0 Å². The van der Waals surface area contributed by atoms with Gasteiger partial charge in [0.05, 0.1) is 0 Å². The molecule has 1 heterocycles. The lowest BCUT2D eigenvalue weighted by Gasteiger charge is -2.08. The fraction of sp³-hybridized carbons (Fsp3) is 0.0625. The molecule has 0 aliphatic carbocycles. The van der Waals surface area contributed by atoms with Crippen molar-refractivity contribution in [1.29, 1.82) is 0 Å². The monoisotopic (exact) mass is 343 g/mol. The molecule has 0 atom stereocenters. The predicted molar refractivity (Wildman–Crippen MR) is 88.3 cm³/mol. The summed E-state index contributed by atoms with van der Waals surface area (Å²) in [6.45, 7) is 0.490. The molecule has 1 aromatic heterocycles. The molecule has 2 amide bonds. The highest BCUT2D eigenvalue weighted by Crippen LogP contribution is 2.15. The van der Waals surface area contributed by atoms with Crippen LogP contribution in [0.4, 0.5) is 10.5 Å². The molecule has 0 unspecified atom stereocenters. The summed E-state index contributed by atoms with van der Waals surface area (Å²) in [5.74, 6) is 0. The Hall–Kier alpha value is -2.27. The van der Waals surface area contributed by atoms with E-state index in [1.807, 2.05) is 48.7 Å². The number of urea groups is 1. The van der Waals surface area contributed by atoms with E-state index in [1.165, 1.54) is 0 Å². The average Bonchev–Trinajstić information content (AvgIpc) is 2.95. The van der Waals surface area contributed by atoms with E-state index in [4.69, 9.17) is 0 Å². The number of halogens is 1. The first-order valence-electron chi connectivity index (χ1n) is 6.57. The lowest BCUT2D eigenvalue weighted by Crippen LogP contribution is -2.28. The topological polar surface area (TPSA) is 56.9 Å². The normalized spacial score (nSPS) is 10.5. The van der Waals surface area contributed by atoms with E-state index in [0.717, 1.165) is 26.6 Å². The van der Waals surface area contributed by atoms with E-state index in [2.05, 4.69) is 37.6 Å². The molecule has 106 valence electrons. The Morgan fingerprint density at radius 3 is 2.71 bits per heavy atom. The van der Waals surface area contributed by atoms with Crippen LogP contribution in [0, 0.1) is 0 Å². The van der Waals surface area contributed by atoms with E-state index in [9.17, 15) is 4.79 Å². The lowest BCUT2D eigenvalue weighted by molar-refractivity contribution is 0.251. The molecule has 3 aromatic rings. The van der Waals surface area contributed by atoms with Gasteiger partial charge in [-0.25, -0.2) is 4.79 Å². The van der Waals surface area contributed by atoms with Crippen LogP contribution in [0.3, 0.4) is 0 Å². The third-order valence-electron chi connectivity index (χ3n) is 3.17. The quantitative estimate of drug-likeness (QED) is 0.654. The maximum atomic E-state index is 11.8. The predicted octanol–water partition coefficient (Wildman–Crippen LogP) is 4.25. The second-order valence-corrected chi connectivity index (χ2v) is 5.63. The minimum Gasteiger partial charge on any atom is -0.361 e. The minimum absolute atomic E-state index is 0.216. The van der Waals surface area contributed by atoms with Crippen molar-refractivity contribution in [2.24, 2.45) is 0 Å². The number of fused-ring (bicyclic) bond motifs is 1. The molecule has 0 saturated carbocycles. The van der Waals surface area contributed by atoms with Crippen LogP contribution in [0.25, 0.3) is 10.9 Å². The Kier molecular flexibility index (Phi) is 3.92. The summed E-state index contributed by atoms with van der Waals surface area (Å²) >= 11 is 3.36. The lowest BCUT2D eigenvalue weighted by atomic mass is 10.1. The molecule has 0 bridgehead atoms. The average molecular weight is 344 g/mol. The van der Waals surface area contributed by atoms with E-state index < -0.39 is 0 Å². The summed E-state index contributed by atoms with van der Waals surface area (Å²) in [5, 5.41) is 6.78. The zero-order chi connectivity index (χ0) is 14.7. The van der Waals surface area contributed by atoms with Gasteiger partial charge < -0.3 is 15.6 Å². The van der Waals surface area contributed by atoms with E-state index in [0.29, 0.717) is 6.54 Å². The second-order valence-electron chi connectivity index (χ2n) is 4.71. The molecule has 0 aliphatic rings. The molecule has 0 spiro atoms. The van der Waals surface area contributed by atoms with Crippen LogP contribution in [-0.2, 0) is 6.54 Å². The van der Waals surface area contributed by atoms with Crippen LogP contribution in [0.2, 0.25) is 0 Å². The zero-order valence-corrected chi connectivity index (χ0v) is 12.8. The maximum Gasteiger partial charge on any atom is 0.319 e. The number of H-pyrrole nitrogens is 1. The molecule has 3 rings (SSSR count). The molecule has 3 N–H and O–H groups in total. The van der Waals surface area contributed by atoms with E-state index >= 15 is 0 Å². The van der Waals surface area contributed by atoms with Gasteiger partial charge in [0, 0.05) is 28.4 Å². The van der Waals surface area contributed by atoms with Crippen molar-refractivity contribution in [1.82, 2.24) is 10.3 Å². The number of nitrogens with one attached hydrogen (secondary N) is 3. The standard InChI is InChI=1S/C16H14BrN3O/c17-13-2-4-14(5-3-13)20-16(21)19-10-11-1-6-15-12(9-11)7-8-18-15/h1-9,18H,10H2,(H2,19,20,21). The number of rotatable bonds is 3. The number of carbonyl (C=O) groups excluding carboxylic acids is 1. The first-order chi connectivity index (χ1) is 10.2. The number of hydrogen-bond donors (Lipinski definition) is 3. The SMILES string of the molecule is O=C(NCc1ccc2[nH]ccc2c1)Nc1ccc(Br)cc1. The van der Waals surface area contributed by atoms with Gasteiger partial charge in [-0.1, -0.05) is 22.0 Å². The largest absolute Gasteiger partial charge is 0.361 e. The number of aromatic nitrogens is 1. The Morgan fingerprint density at radius 1 is 1.10 bits per heavy atom. The Bertz CT molecular complexity index is 765. The van der Waals surface area contributed by atoms with Crippen LogP contribution in [-0.4, -0.2) is 11.0 Å². The zero-order valence-electron chi connectivity index (χ0n) is 11.2. The van der Waals surface area contributed by atoms with Crippen molar-refractivity contribution in [3.05, 3.63) is 64.8 Å². The highest BCUT2D eigenvalue weighted by molar-refractivity contribution is 9.10. The summed E-state index contributed by atoms with van der Waals surface area (Å²) in [7, 11) is 0. The number of hydrogen-bond acceptors (Lipinski definition) is 1. The Labute approximate surface area is 130 Å². The molecule has 0 saturated heterocycles. The fourth-order valence-corrected chi connectivity index (χ4v) is 2.37. The Balaban J connectivity index is 1.58. The van der Waals surface area contributed by atoms with E-state index in [1.54, 1.807) is 0 Å². The number of benzene rings is 2. The molecular formula is C16H14BrN3O. The molecule has 2 aromatic carbocycles. The van der Waals surface area contributed by atoms with Gasteiger partial charge in [-0.15, -0.1) is 0 Å². The van der Waals surface area contributed by atoms with Gasteiger partial charge in [-0.3, -0.25) is 0 Å².